The monoisotopic (exact) mass is 368 g/mol. The van der Waals surface area contributed by atoms with Crippen molar-refractivity contribution in [1.29, 1.82) is 0 Å². The Morgan fingerprint density at radius 3 is 1.85 bits per heavy atom. The molecular weight excluding hydrogens is 332 g/mol. The van der Waals surface area contributed by atoms with E-state index < -0.39 is 0 Å². The largest absolute Gasteiger partial charge is 0.493 e. The summed E-state index contributed by atoms with van der Waals surface area (Å²) in [6, 6.07) is 16.8. The molecule has 0 aliphatic rings. The molecule has 0 spiro atoms. The van der Waals surface area contributed by atoms with Crippen LogP contribution in [-0.4, -0.2) is 13.2 Å². The van der Waals surface area contributed by atoms with E-state index in [1.165, 1.54) is 11.1 Å². The molecule has 27 heavy (non-hydrogen) atoms. The van der Waals surface area contributed by atoms with E-state index in [4.69, 9.17) is 9.47 Å². The number of para-hydroxylation sites is 1. The number of hydrogen-bond donors (Lipinski definition) is 0. The van der Waals surface area contributed by atoms with Gasteiger partial charge in [-0.2, -0.15) is 0 Å². The van der Waals surface area contributed by atoms with Gasteiger partial charge in [-0.25, -0.2) is 0 Å². The maximum absolute atomic E-state index is 6.15. The first-order valence-electron chi connectivity index (χ1n) is 10.2. The van der Waals surface area contributed by atoms with Gasteiger partial charge in [0.2, 0.25) is 0 Å². The fraction of sp³-hybridized carbons (Fsp3) is 0.520. The van der Waals surface area contributed by atoms with Crippen LogP contribution in [-0.2, 0) is 6.42 Å². The molecule has 0 aliphatic heterocycles. The van der Waals surface area contributed by atoms with Gasteiger partial charge < -0.3 is 9.47 Å². The van der Waals surface area contributed by atoms with E-state index in [1.54, 1.807) is 0 Å². The van der Waals surface area contributed by atoms with Crippen LogP contribution < -0.4 is 9.47 Å². The lowest BCUT2D eigenvalue weighted by molar-refractivity contribution is 0.174. The molecule has 2 rings (SSSR count). The van der Waals surface area contributed by atoms with Gasteiger partial charge in [-0.1, -0.05) is 71.9 Å². The van der Waals surface area contributed by atoms with Gasteiger partial charge in [0.25, 0.3) is 0 Å². The third kappa shape index (κ3) is 6.93. The quantitative estimate of drug-likeness (QED) is 0.454. The Morgan fingerprint density at radius 1 is 0.704 bits per heavy atom. The van der Waals surface area contributed by atoms with E-state index >= 15 is 0 Å². The maximum Gasteiger partial charge on any atom is 0.122 e. The number of rotatable bonds is 10. The molecule has 0 aliphatic carbocycles. The number of hydrogen-bond acceptors (Lipinski definition) is 2. The highest BCUT2D eigenvalue weighted by Crippen LogP contribution is 2.27. The molecule has 0 saturated heterocycles. The summed E-state index contributed by atoms with van der Waals surface area (Å²) in [6.45, 7) is 14.8. The van der Waals surface area contributed by atoms with Gasteiger partial charge >= 0.3 is 0 Å². The smallest absolute Gasteiger partial charge is 0.122 e. The summed E-state index contributed by atoms with van der Waals surface area (Å²) in [5.74, 6) is 1.93. The van der Waals surface area contributed by atoms with Gasteiger partial charge in [-0.3, -0.25) is 0 Å². The van der Waals surface area contributed by atoms with E-state index in [-0.39, 0.29) is 10.8 Å². The van der Waals surface area contributed by atoms with Gasteiger partial charge in [0, 0.05) is 6.42 Å². The lowest BCUT2D eigenvalue weighted by atomic mass is 9.91. The average molecular weight is 369 g/mol. The first-order valence-corrected chi connectivity index (χ1v) is 10.2. The normalized spacial score (nSPS) is 12.1. The highest BCUT2D eigenvalue weighted by Gasteiger charge is 2.17. The predicted octanol–water partition coefficient (Wildman–Crippen LogP) is 6.91. The van der Waals surface area contributed by atoms with Crippen LogP contribution in [0.4, 0.5) is 0 Å². The lowest BCUT2D eigenvalue weighted by Gasteiger charge is -2.24. The van der Waals surface area contributed by atoms with Crippen molar-refractivity contribution in [3.05, 3.63) is 59.7 Å². The third-order valence-electron chi connectivity index (χ3n) is 5.45. The van der Waals surface area contributed by atoms with Crippen LogP contribution in [0, 0.1) is 10.8 Å². The van der Waals surface area contributed by atoms with E-state index in [9.17, 15) is 0 Å². The summed E-state index contributed by atoms with van der Waals surface area (Å²) in [4.78, 5) is 0. The predicted molar refractivity (Wildman–Crippen MR) is 115 cm³/mol. The standard InChI is InChI=1S/C25H36O2/c1-7-24(3,4)18-26-22-15-13-20(14-16-22)17-21-11-9-10-12-23(21)27-19-25(5,6)8-2/h9-16H,7-8,17-19H2,1-6H3. The minimum Gasteiger partial charge on any atom is -0.493 e. The van der Waals surface area contributed by atoms with Crippen molar-refractivity contribution in [2.75, 3.05) is 13.2 Å². The molecule has 2 aromatic rings. The zero-order chi connectivity index (χ0) is 19.9. The highest BCUT2D eigenvalue weighted by molar-refractivity contribution is 5.39. The molecule has 0 bridgehead atoms. The van der Waals surface area contributed by atoms with Crippen molar-refractivity contribution in [3.8, 4) is 11.5 Å². The summed E-state index contributed by atoms with van der Waals surface area (Å²) in [6.07, 6.45) is 3.08. The Morgan fingerprint density at radius 2 is 1.26 bits per heavy atom. The summed E-state index contributed by atoms with van der Waals surface area (Å²) in [7, 11) is 0. The zero-order valence-electron chi connectivity index (χ0n) is 18.0. The van der Waals surface area contributed by atoms with Gasteiger partial charge in [0.05, 0.1) is 13.2 Å². The first-order chi connectivity index (χ1) is 12.7. The topological polar surface area (TPSA) is 18.5 Å². The molecule has 2 heteroatoms. The van der Waals surface area contributed by atoms with E-state index in [0.29, 0.717) is 0 Å². The Kier molecular flexibility index (Phi) is 7.35. The lowest BCUT2D eigenvalue weighted by Crippen LogP contribution is -2.20. The number of ether oxygens (including phenoxy) is 2. The molecule has 0 heterocycles. The summed E-state index contributed by atoms with van der Waals surface area (Å²) in [5, 5.41) is 0. The average Bonchev–Trinajstić information content (AvgIpc) is 2.67. The van der Waals surface area contributed by atoms with Crippen LogP contribution in [0.1, 0.15) is 65.5 Å². The van der Waals surface area contributed by atoms with Crippen LogP contribution >= 0.6 is 0 Å². The van der Waals surface area contributed by atoms with Gasteiger partial charge in [0.15, 0.2) is 0 Å². The molecule has 0 amide bonds. The third-order valence-corrected chi connectivity index (χ3v) is 5.45. The van der Waals surface area contributed by atoms with Crippen molar-refractivity contribution in [3.63, 3.8) is 0 Å². The molecule has 0 saturated carbocycles. The Labute approximate surface area is 165 Å². The van der Waals surface area contributed by atoms with Crippen LogP contribution in [0.3, 0.4) is 0 Å². The van der Waals surface area contributed by atoms with Crippen molar-refractivity contribution in [2.45, 2.75) is 60.8 Å². The molecule has 0 radical (unpaired) electrons. The molecule has 0 atom stereocenters. The molecule has 2 aromatic carbocycles. The second-order valence-electron chi connectivity index (χ2n) is 9.04. The molecule has 0 fully saturated rings. The Bertz CT molecular complexity index is 699. The Balaban J connectivity index is 2.01. The summed E-state index contributed by atoms with van der Waals surface area (Å²) in [5.41, 5.74) is 2.90. The SMILES string of the molecule is CCC(C)(C)COc1ccc(Cc2ccccc2OCC(C)(C)CC)cc1. The zero-order valence-corrected chi connectivity index (χ0v) is 18.0. The summed E-state index contributed by atoms with van der Waals surface area (Å²) >= 11 is 0. The first kappa shape index (κ1) is 21.3. The van der Waals surface area contributed by atoms with Crippen molar-refractivity contribution >= 4 is 0 Å². The second kappa shape index (κ2) is 9.30. The second-order valence-corrected chi connectivity index (χ2v) is 9.04. The van der Waals surface area contributed by atoms with Crippen LogP contribution in [0.2, 0.25) is 0 Å². The molecular formula is C25H36O2. The molecule has 0 unspecified atom stereocenters. The highest BCUT2D eigenvalue weighted by atomic mass is 16.5. The number of benzene rings is 2. The van der Waals surface area contributed by atoms with Crippen molar-refractivity contribution in [2.24, 2.45) is 10.8 Å². The fourth-order valence-corrected chi connectivity index (χ4v) is 2.47. The molecule has 2 nitrogen and oxygen atoms in total. The van der Waals surface area contributed by atoms with Crippen molar-refractivity contribution < 1.29 is 9.47 Å². The van der Waals surface area contributed by atoms with Crippen LogP contribution in [0.25, 0.3) is 0 Å². The van der Waals surface area contributed by atoms with E-state index in [1.807, 2.05) is 6.07 Å². The van der Waals surface area contributed by atoms with Crippen molar-refractivity contribution in [1.82, 2.24) is 0 Å². The summed E-state index contributed by atoms with van der Waals surface area (Å²) < 4.78 is 12.1. The molecule has 0 N–H and O–H groups in total. The minimum absolute atomic E-state index is 0.193. The maximum atomic E-state index is 6.15. The fourth-order valence-electron chi connectivity index (χ4n) is 2.47. The Hall–Kier alpha value is -1.96. The minimum atomic E-state index is 0.193. The van der Waals surface area contributed by atoms with E-state index in [0.717, 1.165) is 44.0 Å². The van der Waals surface area contributed by atoms with Gasteiger partial charge in [0.1, 0.15) is 11.5 Å². The molecule has 0 aromatic heterocycles. The molecule has 148 valence electrons. The van der Waals surface area contributed by atoms with E-state index in [2.05, 4.69) is 84.0 Å². The van der Waals surface area contributed by atoms with Crippen LogP contribution in [0.5, 0.6) is 11.5 Å². The van der Waals surface area contributed by atoms with Gasteiger partial charge in [-0.15, -0.1) is 0 Å². The van der Waals surface area contributed by atoms with Gasteiger partial charge in [-0.05, 0) is 53.0 Å². The van der Waals surface area contributed by atoms with Crippen LogP contribution in [0.15, 0.2) is 48.5 Å².